The molecule has 0 unspecified atom stereocenters. The summed E-state index contributed by atoms with van der Waals surface area (Å²) in [7, 11) is 0. The predicted molar refractivity (Wildman–Crippen MR) is 81.2 cm³/mol. The highest BCUT2D eigenvalue weighted by Crippen LogP contribution is 2.12. The Balaban J connectivity index is 0.000000621. The molecule has 0 aromatic heterocycles. The number of ketones is 1. The van der Waals surface area contributed by atoms with E-state index in [4.69, 9.17) is 10.8 Å². The van der Waals surface area contributed by atoms with E-state index < -0.39 is 5.97 Å². The lowest BCUT2D eigenvalue weighted by molar-refractivity contribution is 0.0691. The summed E-state index contributed by atoms with van der Waals surface area (Å²) in [5.74, 6) is -1.13. The van der Waals surface area contributed by atoms with Gasteiger partial charge in [0.05, 0.1) is 5.56 Å². The molecule has 0 aliphatic heterocycles. The number of carboxylic acids is 1. The molecule has 0 atom stereocenters. The second-order valence-electron chi connectivity index (χ2n) is 4.52. The highest BCUT2D eigenvalue weighted by Gasteiger charge is 2.14. The molecule has 0 spiro atoms. The van der Waals surface area contributed by atoms with Gasteiger partial charge >= 0.3 is 5.97 Å². The average molecular weight is 279 g/mol. The summed E-state index contributed by atoms with van der Waals surface area (Å²) in [6, 6.07) is 6.34. The van der Waals surface area contributed by atoms with E-state index in [0.717, 1.165) is 19.4 Å². The fourth-order valence-corrected chi connectivity index (χ4v) is 1.59. The molecule has 20 heavy (non-hydrogen) atoms. The van der Waals surface area contributed by atoms with Gasteiger partial charge in [-0.15, -0.1) is 0 Å². The molecule has 0 heterocycles. The van der Waals surface area contributed by atoms with Gasteiger partial charge in [0.1, 0.15) is 0 Å². The van der Waals surface area contributed by atoms with E-state index in [1.807, 2.05) is 6.92 Å². The Bertz CT molecular complexity index is 414. The summed E-state index contributed by atoms with van der Waals surface area (Å²) in [5, 5.41) is 8.89. The van der Waals surface area contributed by atoms with Crippen LogP contribution in [-0.4, -0.2) is 23.4 Å². The Morgan fingerprint density at radius 2 is 1.60 bits per heavy atom. The van der Waals surface area contributed by atoms with Crippen LogP contribution in [0.5, 0.6) is 0 Å². The van der Waals surface area contributed by atoms with Crippen LogP contribution < -0.4 is 5.73 Å². The third-order valence-corrected chi connectivity index (χ3v) is 2.77. The van der Waals surface area contributed by atoms with Crippen LogP contribution in [0.3, 0.4) is 0 Å². The quantitative estimate of drug-likeness (QED) is 0.748. The summed E-state index contributed by atoms with van der Waals surface area (Å²) in [5.41, 5.74) is 5.55. The molecule has 0 bridgehead atoms. The van der Waals surface area contributed by atoms with Crippen molar-refractivity contribution >= 4 is 11.8 Å². The summed E-state index contributed by atoms with van der Waals surface area (Å²) >= 11 is 0. The first-order valence-electron chi connectivity index (χ1n) is 7.14. The van der Waals surface area contributed by atoms with Crippen molar-refractivity contribution in [1.82, 2.24) is 0 Å². The number of aromatic carboxylic acids is 1. The van der Waals surface area contributed by atoms with Gasteiger partial charge < -0.3 is 10.8 Å². The molecule has 112 valence electrons. The monoisotopic (exact) mass is 279 g/mol. The standard InChI is InChI=1S/C12H14O3.C4H11N/c1-2-3-8-11(13)9-6-4-5-7-10(9)12(14)15;1-2-3-4-5/h4-7H,2-3,8H2,1H3,(H,14,15);2-5H2,1H3. The number of carboxylic acid groups (broad SMARTS) is 1. The Morgan fingerprint density at radius 1 is 1.05 bits per heavy atom. The van der Waals surface area contributed by atoms with Gasteiger partial charge in [0.2, 0.25) is 0 Å². The van der Waals surface area contributed by atoms with Crippen LogP contribution >= 0.6 is 0 Å². The highest BCUT2D eigenvalue weighted by atomic mass is 16.4. The zero-order valence-corrected chi connectivity index (χ0v) is 12.4. The first kappa shape index (κ1) is 18.3. The Morgan fingerprint density at radius 3 is 2.00 bits per heavy atom. The van der Waals surface area contributed by atoms with Crippen LogP contribution in [0.25, 0.3) is 0 Å². The van der Waals surface area contributed by atoms with Crippen LogP contribution in [0, 0.1) is 0 Å². The van der Waals surface area contributed by atoms with Crippen molar-refractivity contribution in [3.05, 3.63) is 35.4 Å². The van der Waals surface area contributed by atoms with Crippen LogP contribution in [0.2, 0.25) is 0 Å². The number of hydrogen-bond donors (Lipinski definition) is 2. The molecule has 0 fully saturated rings. The van der Waals surface area contributed by atoms with E-state index in [2.05, 4.69) is 6.92 Å². The largest absolute Gasteiger partial charge is 0.478 e. The first-order valence-corrected chi connectivity index (χ1v) is 7.14. The Hall–Kier alpha value is -1.68. The van der Waals surface area contributed by atoms with Gasteiger partial charge in [-0.25, -0.2) is 4.79 Å². The molecule has 0 aliphatic rings. The maximum atomic E-state index is 11.7. The lowest BCUT2D eigenvalue weighted by Gasteiger charge is -2.03. The number of Topliss-reactive ketones (excluding diaryl/α,β-unsaturated/α-hetero) is 1. The number of nitrogens with two attached hydrogens (primary N) is 1. The first-order chi connectivity index (χ1) is 9.58. The molecule has 4 heteroatoms. The third-order valence-electron chi connectivity index (χ3n) is 2.77. The lowest BCUT2D eigenvalue weighted by Crippen LogP contribution is -2.08. The van der Waals surface area contributed by atoms with Gasteiger partial charge in [0.15, 0.2) is 5.78 Å². The number of unbranched alkanes of at least 4 members (excludes halogenated alkanes) is 2. The summed E-state index contributed by atoms with van der Waals surface area (Å²) in [6.07, 6.45) is 4.53. The van der Waals surface area contributed by atoms with Gasteiger partial charge in [0, 0.05) is 12.0 Å². The molecule has 1 aromatic carbocycles. The smallest absolute Gasteiger partial charge is 0.336 e. The number of carbonyl (C=O) groups excluding carboxylic acids is 1. The minimum absolute atomic E-state index is 0.0881. The minimum Gasteiger partial charge on any atom is -0.478 e. The second kappa shape index (κ2) is 11.2. The van der Waals surface area contributed by atoms with Crippen LogP contribution in [-0.2, 0) is 0 Å². The van der Waals surface area contributed by atoms with Gasteiger partial charge in [-0.2, -0.15) is 0 Å². The highest BCUT2D eigenvalue weighted by molar-refractivity contribution is 6.05. The van der Waals surface area contributed by atoms with Crippen LogP contribution in [0.15, 0.2) is 24.3 Å². The molecular weight excluding hydrogens is 254 g/mol. The minimum atomic E-state index is -1.05. The van der Waals surface area contributed by atoms with Crippen molar-refractivity contribution in [2.24, 2.45) is 5.73 Å². The van der Waals surface area contributed by atoms with Gasteiger partial charge in [-0.3, -0.25) is 4.79 Å². The van der Waals surface area contributed by atoms with E-state index >= 15 is 0 Å². The van der Waals surface area contributed by atoms with E-state index in [1.165, 1.54) is 18.9 Å². The summed E-state index contributed by atoms with van der Waals surface area (Å²) in [4.78, 5) is 22.5. The van der Waals surface area contributed by atoms with Crippen molar-refractivity contribution in [3.8, 4) is 0 Å². The van der Waals surface area contributed by atoms with Gasteiger partial charge in [-0.1, -0.05) is 44.9 Å². The van der Waals surface area contributed by atoms with Gasteiger partial charge in [-0.05, 0) is 25.5 Å². The SMILES string of the molecule is CCCCC(=O)c1ccccc1C(=O)O.CCCCN. The molecule has 1 aromatic rings. The predicted octanol–water partition coefficient (Wildman–Crippen LogP) is 3.50. The number of carbonyl (C=O) groups is 2. The van der Waals surface area contributed by atoms with Crippen molar-refractivity contribution in [2.45, 2.75) is 46.0 Å². The zero-order chi connectivity index (χ0) is 15.4. The molecular formula is C16H25NO3. The fraction of sp³-hybridized carbons (Fsp3) is 0.500. The number of rotatable bonds is 7. The maximum absolute atomic E-state index is 11.7. The maximum Gasteiger partial charge on any atom is 0.336 e. The molecule has 0 saturated heterocycles. The number of hydrogen-bond acceptors (Lipinski definition) is 3. The molecule has 0 aliphatic carbocycles. The summed E-state index contributed by atoms with van der Waals surface area (Å²) in [6.45, 7) is 4.97. The van der Waals surface area contributed by atoms with Crippen molar-refractivity contribution < 1.29 is 14.7 Å². The second-order valence-corrected chi connectivity index (χ2v) is 4.52. The van der Waals surface area contributed by atoms with E-state index in [0.29, 0.717) is 12.0 Å². The molecule has 0 radical (unpaired) electrons. The normalized spacial score (nSPS) is 9.55. The van der Waals surface area contributed by atoms with E-state index in [1.54, 1.807) is 18.2 Å². The van der Waals surface area contributed by atoms with Crippen molar-refractivity contribution in [3.63, 3.8) is 0 Å². The average Bonchev–Trinajstić information content (AvgIpc) is 2.46. The van der Waals surface area contributed by atoms with E-state index in [-0.39, 0.29) is 11.3 Å². The Labute approximate surface area is 121 Å². The fourth-order valence-electron chi connectivity index (χ4n) is 1.59. The molecule has 0 amide bonds. The molecule has 1 rings (SSSR count). The number of benzene rings is 1. The topological polar surface area (TPSA) is 80.4 Å². The van der Waals surface area contributed by atoms with Crippen LogP contribution in [0.4, 0.5) is 0 Å². The summed E-state index contributed by atoms with van der Waals surface area (Å²) < 4.78 is 0. The molecule has 4 nitrogen and oxygen atoms in total. The lowest BCUT2D eigenvalue weighted by atomic mass is 10.0. The van der Waals surface area contributed by atoms with E-state index in [9.17, 15) is 9.59 Å². The third kappa shape index (κ3) is 7.04. The van der Waals surface area contributed by atoms with Crippen molar-refractivity contribution in [1.29, 1.82) is 0 Å². The molecule has 3 N–H and O–H groups in total. The Kier molecular flexibility index (Phi) is 10.2. The van der Waals surface area contributed by atoms with Crippen molar-refractivity contribution in [2.75, 3.05) is 6.54 Å². The van der Waals surface area contributed by atoms with Crippen LogP contribution in [0.1, 0.15) is 66.7 Å². The zero-order valence-electron chi connectivity index (χ0n) is 12.4. The van der Waals surface area contributed by atoms with Gasteiger partial charge in [0.25, 0.3) is 0 Å². The molecule has 0 saturated carbocycles.